The van der Waals surface area contributed by atoms with Crippen LogP contribution in [0.2, 0.25) is 0 Å². The summed E-state index contributed by atoms with van der Waals surface area (Å²) in [6.07, 6.45) is 0. The zero-order valence-corrected chi connectivity index (χ0v) is 6.88. The summed E-state index contributed by atoms with van der Waals surface area (Å²) in [5.41, 5.74) is 0. The number of rotatable bonds is 0. The van der Waals surface area contributed by atoms with Gasteiger partial charge in [0, 0.05) is 0 Å². The predicted molar refractivity (Wildman–Crippen MR) is 0 cm³/mol. The molecular weight excluding hydrogens is 176 g/mol. The van der Waals surface area contributed by atoms with Crippen LogP contribution in [-0.4, -0.2) is 0 Å². The maximum Gasteiger partial charge on any atom is 2.00 e. The molecular formula is CdF3Li. The predicted octanol–water partition coefficient (Wildman–Crippen LogP) is -12.0. The Labute approximate surface area is 60.1 Å². The Morgan fingerprint density at radius 3 is 0.600 bits per heavy atom. The quantitative estimate of drug-likeness (QED) is 0.322. The molecule has 0 fully saturated rings. The van der Waals surface area contributed by atoms with E-state index in [1.54, 1.807) is 0 Å². The van der Waals surface area contributed by atoms with Gasteiger partial charge in [-0.3, -0.25) is 0 Å². The van der Waals surface area contributed by atoms with Gasteiger partial charge in [-0.25, -0.2) is 0 Å². The van der Waals surface area contributed by atoms with Gasteiger partial charge in [0.15, 0.2) is 0 Å². The molecule has 0 spiro atoms. The summed E-state index contributed by atoms with van der Waals surface area (Å²) in [5.74, 6) is 0. The second-order valence-electron chi connectivity index (χ2n) is 0. The molecule has 24 valence electrons. The largest absolute Gasteiger partial charge is 2.00 e. The van der Waals surface area contributed by atoms with Gasteiger partial charge in [-0.15, -0.1) is 0 Å². The number of halogens is 3. The van der Waals surface area contributed by atoms with Crippen LogP contribution in [0.5, 0.6) is 0 Å². The molecule has 0 rings (SSSR count). The van der Waals surface area contributed by atoms with Crippen LogP contribution in [0.1, 0.15) is 0 Å². The van der Waals surface area contributed by atoms with Crippen molar-refractivity contribution in [3.8, 4) is 0 Å². The zero-order valence-electron chi connectivity index (χ0n) is 2.84. The van der Waals surface area contributed by atoms with E-state index in [0.717, 1.165) is 0 Å². The van der Waals surface area contributed by atoms with E-state index in [-0.39, 0.29) is 60.3 Å². The summed E-state index contributed by atoms with van der Waals surface area (Å²) in [6.45, 7) is 0. The molecule has 0 aliphatic rings. The summed E-state index contributed by atoms with van der Waals surface area (Å²) in [4.78, 5) is 0. The first-order valence-electron chi connectivity index (χ1n) is 0. The van der Waals surface area contributed by atoms with Crippen molar-refractivity contribution in [2.45, 2.75) is 0 Å². The fourth-order valence-corrected chi connectivity index (χ4v) is 0. The van der Waals surface area contributed by atoms with Gasteiger partial charge in [0.05, 0.1) is 0 Å². The summed E-state index contributed by atoms with van der Waals surface area (Å²) >= 11 is 0. The van der Waals surface area contributed by atoms with E-state index < -0.39 is 0 Å². The third-order valence-corrected chi connectivity index (χ3v) is 0. The molecule has 0 saturated carbocycles. The van der Waals surface area contributed by atoms with E-state index >= 15 is 0 Å². The molecule has 0 amide bonds. The molecule has 0 aromatic heterocycles. The standard InChI is InChI=1S/Cd.3FH.Li/h;3*1H;/q+2;;;;+1/p-3. The van der Waals surface area contributed by atoms with E-state index in [0.29, 0.717) is 0 Å². The third kappa shape index (κ3) is 33.9. The molecule has 0 aliphatic heterocycles. The smallest absolute Gasteiger partial charge is 1.00 e. The van der Waals surface area contributed by atoms with Gasteiger partial charge >= 0.3 is 46.2 Å². The molecule has 0 atom stereocenters. The maximum absolute atomic E-state index is 0. The Hall–Kier alpha value is 1.31. The van der Waals surface area contributed by atoms with Crippen molar-refractivity contribution in [1.82, 2.24) is 0 Å². The Balaban J connectivity index is 0. The molecule has 5 heteroatoms. The minimum absolute atomic E-state index is 0. The van der Waals surface area contributed by atoms with Crippen molar-refractivity contribution in [2.75, 3.05) is 0 Å². The molecule has 0 heterocycles. The minimum Gasteiger partial charge on any atom is -1.00 e. The molecule has 0 unspecified atom stereocenters. The third-order valence-electron chi connectivity index (χ3n) is 0. The van der Waals surface area contributed by atoms with Gasteiger partial charge in [-0.1, -0.05) is 0 Å². The van der Waals surface area contributed by atoms with E-state index in [1.807, 2.05) is 0 Å². The van der Waals surface area contributed by atoms with Crippen LogP contribution in [0.4, 0.5) is 0 Å². The molecule has 0 aromatic carbocycles. The van der Waals surface area contributed by atoms with Crippen molar-refractivity contribution in [3.63, 3.8) is 0 Å². The van der Waals surface area contributed by atoms with Crippen LogP contribution in [0, 0.1) is 0 Å². The molecule has 0 aliphatic carbocycles. The van der Waals surface area contributed by atoms with Crippen LogP contribution in [0.3, 0.4) is 0 Å². The second-order valence-corrected chi connectivity index (χ2v) is 0. The van der Waals surface area contributed by atoms with Crippen molar-refractivity contribution in [3.05, 3.63) is 0 Å². The van der Waals surface area contributed by atoms with Gasteiger partial charge in [-0.2, -0.15) is 0 Å². The van der Waals surface area contributed by atoms with Crippen LogP contribution >= 0.6 is 0 Å². The normalized spacial score (nSPS) is 0. The van der Waals surface area contributed by atoms with Gasteiger partial charge in [0.25, 0.3) is 0 Å². The van der Waals surface area contributed by atoms with Crippen LogP contribution < -0.4 is 33.0 Å². The molecule has 0 saturated heterocycles. The van der Waals surface area contributed by atoms with E-state index in [2.05, 4.69) is 0 Å². The summed E-state index contributed by atoms with van der Waals surface area (Å²) in [5, 5.41) is 0. The first-order chi connectivity index (χ1) is 0. The monoisotopic (exact) mass is 178 g/mol. The summed E-state index contributed by atoms with van der Waals surface area (Å²) in [7, 11) is 0. The summed E-state index contributed by atoms with van der Waals surface area (Å²) < 4.78 is 0. The fourth-order valence-electron chi connectivity index (χ4n) is 0. The molecule has 0 bridgehead atoms. The second kappa shape index (κ2) is 57.5. The van der Waals surface area contributed by atoms with Gasteiger partial charge in [-0.05, 0) is 0 Å². The van der Waals surface area contributed by atoms with Gasteiger partial charge < -0.3 is 14.1 Å². The SMILES string of the molecule is [Cd+2].[F-].[F-].[F-].[Li+]. The molecule has 5 heavy (non-hydrogen) atoms. The number of hydrogen-bond acceptors (Lipinski definition) is 0. The van der Waals surface area contributed by atoms with Gasteiger partial charge in [0.1, 0.15) is 0 Å². The van der Waals surface area contributed by atoms with Crippen molar-refractivity contribution >= 4 is 0 Å². The Bertz CT molecular complexity index is 6.85. The first-order valence-corrected chi connectivity index (χ1v) is 0. The van der Waals surface area contributed by atoms with Crippen LogP contribution in [-0.2, 0) is 27.3 Å². The minimum atomic E-state index is 0. The van der Waals surface area contributed by atoms with E-state index in [4.69, 9.17) is 0 Å². The number of hydrogen-bond donors (Lipinski definition) is 0. The van der Waals surface area contributed by atoms with Crippen LogP contribution in [0.15, 0.2) is 0 Å². The fraction of sp³-hybridized carbons (Fsp3) is 0. The molecule has 0 radical (unpaired) electrons. The van der Waals surface area contributed by atoms with E-state index in [1.165, 1.54) is 0 Å². The topological polar surface area (TPSA) is 0 Å². The average Bonchev–Trinajstić information content (AvgIpc) is 0. The van der Waals surface area contributed by atoms with Crippen LogP contribution in [0.25, 0.3) is 0 Å². The van der Waals surface area contributed by atoms with Gasteiger partial charge in [0.2, 0.25) is 0 Å². The molecule has 0 N–H and O–H groups in total. The van der Waals surface area contributed by atoms with Crippen molar-refractivity contribution in [2.24, 2.45) is 0 Å². The molecule has 0 aromatic rings. The maximum atomic E-state index is 0. The first kappa shape index (κ1) is 104. The Kier molecular flexibility index (Phi) is 1190. The Morgan fingerprint density at radius 1 is 0.600 bits per heavy atom. The average molecular weight is 176 g/mol. The van der Waals surface area contributed by atoms with Crippen molar-refractivity contribution in [1.29, 1.82) is 0 Å². The Morgan fingerprint density at radius 2 is 0.600 bits per heavy atom. The van der Waals surface area contributed by atoms with E-state index in [9.17, 15) is 0 Å². The van der Waals surface area contributed by atoms with Crippen molar-refractivity contribution < 1.29 is 60.3 Å². The summed E-state index contributed by atoms with van der Waals surface area (Å²) in [6, 6.07) is 0. The molecule has 0 nitrogen and oxygen atoms in total. The zero-order chi connectivity index (χ0) is 0.